The van der Waals surface area contributed by atoms with Crippen LogP contribution < -0.4 is 4.90 Å². The Bertz CT molecular complexity index is 436. The SMILES string of the molecule is CCC1CCCN(c2ccc(Cl)cc2C#N)C1. The van der Waals surface area contributed by atoms with Crippen LogP contribution in [0.3, 0.4) is 0 Å². The normalized spacial score (nSPS) is 20.1. The zero-order valence-corrected chi connectivity index (χ0v) is 10.9. The number of hydrogen-bond acceptors (Lipinski definition) is 2. The molecule has 0 N–H and O–H groups in total. The second-order valence-corrected chi connectivity index (χ2v) is 5.07. The Morgan fingerprint density at radius 3 is 3.06 bits per heavy atom. The molecule has 1 aliphatic rings. The Hall–Kier alpha value is -1.20. The number of hydrogen-bond donors (Lipinski definition) is 0. The number of piperidine rings is 1. The Morgan fingerprint density at radius 1 is 1.53 bits per heavy atom. The maximum Gasteiger partial charge on any atom is 0.101 e. The summed E-state index contributed by atoms with van der Waals surface area (Å²) in [7, 11) is 0. The first-order chi connectivity index (χ1) is 8.24. The van der Waals surface area contributed by atoms with Crippen LogP contribution in [0, 0.1) is 17.2 Å². The fraction of sp³-hybridized carbons (Fsp3) is 0.500. The Morgan fingerprint density at radius 2 is 2.35 bits per heavy atom. The van der Waals surface area contributed by atoms with Gasteiger partial charge in [0.05, 0.1) is 11.3 Å². The standard InChI is InChI=1S/C14H17ClN2/c1-2-11-4-3-7-17(10-11)14-6-5-13(15)8-12(14)9-16/h5-6,8,11H,2-4,7,10H2,1H3. The van der Waals surface area contributed by atoms with Crippen molar-refractivity contribution >= 4 is 17.3 Å². The van der Waals surface area contributed by atoms with Gasteiger partial charge in [-0.25, -0.2) is 0 Å². The molecule has 0 aliphatic carbocycles. The summed E-state index contributed by atoms with van der Waals surface area (Å²) in [6.45, 7) is 4.35. The highest BCUT2D eigenvalue weighted by molar-refractivity contribution is 6.30. The quantitative estimate of drug-likeness (QED) is 0.795. The van der Waals surface area contributed by atoms with Gasteiger partial charge in [0.2, 0.25) is 0 Å². The highest BCUT2D eigenvalue weighted by Gasteiger charge is 2.20. The van der Waals surface area contributed by atoms with Crippen molar-refractivity contribution in [3.8, 4) is 6.07 Å². The van der Waals surface area contributed by atoms with Gasteiger partial charge >= 0.3 is 0 Å². The molecule has 0 bridgehead atoms. The van der Waals surface area contributed by atoms with Gasteiger partial charge in [-0.1, -0.05) is 24.9 Å². The van der Waals surface area contributed by atoms with Gasteiger partial charge in [-0.15, -0.1) is 0 Å². The number of benzene rings is 1. The molecule has 1 saturated heterocycles. The predicted molar refractivity (Wildman–Crippen MR) is 71.4 cm³/mol. The van der Waals surface area contributed by atoms with Crippen LogP contribution in [-0.2, 0) is 0 Å². The lowest BCUT2D eigenvalue weighted by molar-refractivity contribution is 0.404. The second kappa shape index (κ2) is 5.42. The molecule has 1 fully saturated rings. The smallest absolute Gasteiger partial charge is 0.101 e. The van der Waals surface area contributed by atoms with E-state index in [0.717, 1.165) is 24.7 Å². The fourth-order valence-corrected chi connectivity index (χ4v) is 2.66. The van der Waals surface area contributed by atoms with E-state index in [9.17, 15) is 0 Å². The van der Waals surface area contributed by atoms with Crippen LogP contribution in [0.4, 0.5) is 5.69 Å². The second-order valence-electron chi connectivity index (χ2n) is 4.64. The third-order valence-corrected chi connectivity index (χ3v) is 3.75. The van der Waals surface area contributed by atoms with Crippen LogP contribution in [0.1, 0.15) is 31.7 Å². The summed E-state index contributed by atoms with van der Waals surface area (Å²) in [6.07, 6.45) is 3.74. The van der Waals surface area contributed by atoms with E-state index < -0.39 is 0 Å². The summed E-state index contributed by atoms with van der Waals surface area (Å²) in [5.41, 5.74) is 1.73. The average molecular weight is 249 g/mol. The molecular weight excluding hydrogens is 232 g/mol. The summed E-state index contributed by atoms with van der Waals surface area (Å²) in [5.74, 6) is 0.756. The van der Waals surface area contributed by atoms with E-state index in [1.54, 1.807) is 6.07 Å². The molecule has 1 atom stereocenters. The molecule has 3 heteroatoms. The zero-order chi connectivity index (χ0) is 12.3. The van der Waals surface area contributed by atoms with Crippen LogP contribution in [0.25, 0.3) is 0 Å². The topological polar surface area (TPSA) is 27.0 Å². The summed E-state index contributed by atoms with van der Waals surface area (Å²) >= 11 is 5.92. The summed E-state index contributed by atoms with van der Waals surface area (Å²) in [4.78, 5) is 2.33. The fourth-order valence-electron chi connectivity index (χ4n) is 2.49. The number of anilines is 1. The van der Waals surface area contributed by atoms with Crippen LogP contribution in [0.2, 0.25) is 5.02 Å². The van der Waals surface area contributed by atoms with Crippen LogP contribution in [0.5, 0.6) is 0 Å². The highest BCUT2D eigenvalue weighted by atomic mass is 35.5. The van der Waals surface area contributed by atoms with Crippen molar-refractivity contribution in [2.24, 2.45) is 5.92 Å². The first kappa shape index (κ1) is 12.3. The number of rotatable bonds is 2. The van der Waals surface area contributed by atoms with E-state index in [1.807, 2.05) is 12.1 Å². The lowest BCUT2D eigenvalue weighted by Gasteiger charge is -2.34. The highest BCUT2D eigenvalue weighted by Crippen LogP contribution is 2.29. The van der Waals surface area contributed by atoms with Gasteiger partial charge < -0.3 is 4.90 Å². The van der Waals surface area contributed by atoms with Crippen molar-refractivity contribution in [2.75, 3.05) is 18.0 Å². The van der Waals surface area contributed by atoms with Gasteiger partial charge in [0, 0.05) is 18.1 Å². The first-order valence-corrected chi connectivity index (χ1v) is 6.57. The minimum atomic E-state index is 0.634. The molecule has 1 aromatic carbocycles. The first-order valence-electron chi connectivity index (χ1n) is 6.19. The molecule has 2 nitrogen and oxygen atoms in total. The van der Waals surface area contributed by atoms with Crippen molar-refractivity contribution in [1.82, 2.24) is 0 Å². The van der Waals surface area contributed by atoms with Crippen LogP contribution in [0.15, 0.2) is 18.2 Å². The van der Waals surface area contributed by atoms with E-state index >= 15 is 0 Å². The van der Waals surface area contributed by atoms with Gasteiger partial charge in [0.1, 0.15) is 6.07 Å². The molecule has 0 spiro atoms. The largest absolute Gasteiger partial charge is 0.370 e. The molecule has 0 aromatic heterocycles. The van der Waals surface area contributed by atoms with Crippen molar-refractivity contribution < 1.29 is 0 Å². The lowest BCUT2D eigenvalue weighted by atomic mass is 9.95. The molecule has 1 aromatic rings. The number of nitriles is 1. The minimum absolute atomic E-state index is 0.634. The van der Waals surface area contributed by atoms with Crippen LogP contribution >= 0.6 is 11.6 Å². The lowest BCUT2D eigenvalue weighted by Crippen LogP contribution is -2.35. The molecule has 0 amide bonds. The Balaban J connectivity index is 2.24. The average Bonchev–Trinajstić information content (AvgIpc) is 2.38. The zero-order valence-electron chi connectivity index (χ0n) is 10.1. The molecule has 90 valence electrons. The number of halogens is 1. The molecule has 1 heterocycles. The third kappa shape index (κ3) is 2.73. The van der Waals surface area contributed by atoms with E-state index in [0.29, 0.717) is 10.6 Å². The molecule has 1 aliphatic heterocycles. The summed E-state index contributed by atoms with van der Waals surface area (Å²) in [6, 6.07) is 7.84. The molecule has 17 heavy (non-hydrogen) atoms. The number of nitrogens with zero attached hydrogens (tertiary/aromatic N) is 2. The molecule has 0 saturated carbocycles. The van der Waals surface area contributed by atoms with Crippen LogP contribution in [-0.4, -0.2) is 13.1 Å². The van der Waals surface area contributed by atoms with Gasteiger partial charge in [0.15, 0.2) is 0 Å². The Kier molecular flexibility index (Phi) is 3.91. The minimum Gasteiger partial charge on any atom is -0.370 e. The van der Waals surface area contributed by atoms with E-state index in [1.165, 1.54) is 19.3 Å². The van der Waals surface area contributed by atoms with Gasteiger partial charge in [-0.2, -0.15) is 5.26 Å². The monoisotopic (exact) mass is 248 g/mol. The third-order valence-electron chi connectivity index (χ3n) is 3.52. The summed E-state index contributed by atoms with van der Waals surface area (Å²) < 4.78 is 0. The summed E-state index contributed by atoms with van der Waals surface area (Å²) in [5, 5.41) is 9.79. The van der Waals surface area contributed by atoms with Gasteiger partial charge in [-0.3, -0.25) is 0 Å². The van der Waals surface area contributed by atoms with Crippen molar-refractivity contribution in [2.45, 2.75) is 26.2 Å². The van der Waals surface area contributed by atoms with E-state index in [-0.39, 0.29) is 0 Å². The van der Waals surface area contributed by atoms with E-state index in [2.05, 4.69) is 17.9 Å². The molecule has 1 unspecified atom stereocenters. The molecular formula is C14H17ClN2. The Labute approximate surface area is 108 Å². The predicted octanol–water partition coefficient (Wildman–Crippen LogP) is 3.84. The van der Waals surface area contributed by atoms with Crippen molar-refractivity contribution in [3.05, 3.63) is 28.8 Å². The molecule has 2 rings (SSSR count). The van der Waals surface area contributed by atoms with Gasteiger partial charge in [0.25, 0.3) is 0 Å². The molecule has 0 radical (unpaired) electrons. The van der Waals surface area contributed by atoms with Crippen molar-refractivity contribution in [1.29, 1.82) is 5.26 Å². The van der Waals surface area contributed by atoms with Crippen molar-refractivity contribution in [3.63, 3.8) is 0 Å². The maximum absolute atomic E-state index is 9.16. The maximum atomic E-state index is 9.16. The van der Waals surface area contributed by atoms with E-state index in [4.69, 9.17) is 16.9 Å². The van der Waals surface area contributed by atoms with Gasteiger partial charge in [-0.05, 0) is 37.0 Å².